The van der Waals surface area contributed by atoms with Gasteiger partial charge < -0.3 is 5.32 Å². The molecule has 0 aliphatic heterocycles. The molecule has 6 nitrogen and oxygen atoms in total. The van der Waals surface area contributed by atoms with Gasteiger partial charge in [-0.25, -0.2) is 17.8 Å². The molecular formula is C22H27F4N3O3S2. The number of nitrogens with zero attached hydrogens (tertiary/aromatic N) is 1. The monoisotopic (exact) mass is 521 g/mol. The zero-order valence-electron chi connectivity index (χ0n) is 19.0. The van der Waals surface area contributed by atoms with E-state index >= 15 is 0 Å². The van der Waals surface area contributed by atoms with Crippen LogP contribution in [0.1, 0.15) is 55.8 Å². The summed E-state index contributed by atoms with van der Waals surface area (Å²) < 4.78 is 78.2. The molecule has 2 N–H and O–H groups in total. The van der Waals surface area contributed by atoms with Crippen LogP contribution in [0.25, 0.3) is 0 Å². The van der Waals surface area contributed by atoms with Crippen molar-refractivity contribution >= 4 is 33.4 Å². The van der Waals surface area contributed by atoms with Crippen LogP contribution in [0.3, 0.4) is 0 Å². The van der Waals surface area contributed by atoms with Gasteiger partial charge in [0, 0.05) is 12.1 Å². The molecule has 12 heteroatoms. The highest BCUT2D eigenvalue weighted by molar-refractivity contribution is 7.99. The van der Waals surface area contributed by atoms with E-state index in [1.807, 2.05) is 11.6 Å². The maximum absolute atomic E-state index is 14.3. The van der Waals surface area contributed by atoms with Crippen molar-refractivity contribution in [1.82, 2.24) is 10.3 Å². The molecule has 0 bridgehead atoms. The largest absolute Gasteiger partial charge is 0.433 e. The Bertz CT molecular complexity index is 1110. The second-order valence-electron chi connectivity index (χ2n) is 7.77. The summed E-state index contributed by atoms with van der Waals surface area (Å²) in [5.41, 5.74) is -0.464. The van der Waals surface area contributed by atoms with Crippen LogP contribution in [0.5, 0.6) is 0 Å². The summed E-state index contributed by atoms with van der Waals surface area (Å²) in [5, 5.41) is 2.87. The molecule has 0 saturated heterocycles. The van der Waals surface area contributed by atoms with Crippen LogP contribution in [-0.2, 0) is 27.5 Å². The number of hydrogen-bond donors (Lipinski definition) is 2. The molecule has 1 atom stereocenters. The van der Waals surface area contributed by atoms with Gasteiger partial charge in [-0.1, -0.05) is 31.9 Å². The number of benzene rings is 1. The lowest BCUT2D eigenvalue weighted by Crippen LogP contribution is -2.28. The van der Waals surface area contributed by atoms with Crippen molar-refractivity contribution in [2.24, 2.45) is 0 Å². The Morgan fingerprint density at radius 3 is 2.47 bits per heavy atom. The van der Waals surface area contributed by atoms with Crippen molar-refractivity contribution in [3.63, 3.8) is 0 Å². The minimum Gasteiger partial charge on any atom is -0.351 e. The Hall–Kier alpha value is -2.34. The molecule has 1 aromatic heterocycles. The van der Waals surface area contributed by atoms with Gasteiger partial charge in [-0.05, 0) is 42.9 Å². The minimum absolute atomic E-state index is 0.0411. The van der Waals surface area contributed by atoms with E-state index in [0.29, 0.717) is 16.9 Å². The zero-order chi connectivity index (χ0) is 25.5. The summed E-state index contributed by atoms with van der Waals surface area (Å²) in [7, 11) is -3.66. The Balaban J connectivity index is 2.12. The normalized spacial score (nSPS) is 12.9. The lowest BCUT2D eigenvalue weighted by Gasteiger charge is -2.16. The maximum atomic E-state index is 14.3. The topological polar surface area (TPSA) is 88.2 Å². The van der Waals surface area contributed by atoms with E-state index in [1.165, 1.54) is 30.0 Å². The molecular weight excluding hydrogens is 494 g/mol. The average Bonchev–Trinajstić information content (AvgIpc) is 2.74. The van der Waals surface area contributed by atoms with E-state index in [-0.39, 0.29) is 17.3 Å². The van der Waals surface area contributed by atoms with Crippen LogP contribution in [0, 0.1) is 5.82 Å². The molecule has 0 aliphatic rings. The van der Waals surface area contributed by atoms with Crippen LogP contribution in [0.15, 0.2) is 35.4 Å². The van der Waals surface area contributed by atoms with Crippen molar-refractivity contribution in [2.75, 3.05) is 16.7 Å². The standard InChI is InChI=1S/C22H27F4N3O3S2/c1-4-5-6-11-33-21-16(8-10-19(28-21)22(24,25)26)13-27-20(30)14(2)15-7-9-18(17(23)12-15)29-34(3,31)32/h7-10,12,14,29H,4-6,11,13H2,1-3H3,(H,27,30). The smallest absolute Gasteiger partial charge is 0.351 e. The number of pyridine rings is 1. The molecule has 1 aromatic carbocycles. The second kappa shape index (κ2) is 11.9. The van der Waals surface area contributed by atoms with Gasteiger partial charge in [0.2, 0.25) is 15.9 Å². The number of halogens is 4. The van der Waals surface area contributed by atoms with Crippen LogP contribution < -0.4 is 10.0 Å². The number of carbonyl (C=O) groups excluding carboxylic acids is 1. The highest BCUT2D eigenvalue weighted by atomic mass is 32.2. The molecule has 0 aliphatic carbocycles. The number of sulfonamides is 1. The lowest BCUT2D eigenvalue weighted by molar-refractivity contribution is -0.141. The van der Waals surface area contributed by atoms with Crippen LogP contribution >= 0.6 is 11.8 Å². The van der Waals surface area contributed by atoms with Gasteiger partial charge in [0.05, 0.1) is 17.9 Å². The Morgan fingerprint density at radius 1 is 1.18 bits per heavy atom. The third kappa shape index (κ3) is 8.46. The Morgan fingerprint density at radius 2 is 1.88 bits per heavy atom. The van der Waals surface area contributed by atoms with Gasteiger partial charge in [-0.2, -0.15) is 13.2 Å². The van der Waals surface area contributed by atoms with E-state index in [0.717, 1.165) is 37.7 Å². The van der Waals surface area contributed by atoms with Gasteiger partial charge in [0.25, 0.3) is 0 Å². The first-order valence-electron chi connectivity index (χ1n) is 10.6. The molecule has 0 fully saturated rings. The first kappa shape index (κ1) is 27.9. The SMILES string of the molecule is CCCCCSc1nc(C(F)(F)F)ccc1CNC(=O)C(C)c1ccc(NS(C)(=O)=O)c(F)c1. The van der Waals surface area contributed by atoms with Gasteiger partial charge in [0.15, 0.2) is 0 Å². The molecule has 0 radical (unpaired) electrons. The number of amides is 1. The minimum atomic E-state index is -4.57. The van der Waals surface area contributed by atoms with Crippen LogP contribution in [0.2, 0.25) is 0 Å². The van der Waals surface area contributed by atoms with E-state index < -0.39 is 39.5 Å². The number of thioether (sulfide) groups is 1. The van der Waals surface area contributed by atoms with Crippen molar-refractivity contribution in [2.45, 2.75) is 56.8 Å². The number of nitrogens with one attached hydrogen (secondary N) is 2. The molecule has 34 heavy (non-hydrogen) atoms. The Labute approximate surface area is 201 Å². The third-order valence-electron chi connectivity index (χ3n) is 4.85. The number of anilines is 1. The quantitative estimate of drug-likeness (QED) is 0.238. The average molecular weight is 522 g/mol. The summed E-state index contributed by atoms with van der Waals surface area (Å²) in [6.07, 6.45) is -0.925. The van der Waals surface area contributed by atoms with E-state index in [9.17, 15) is 30.8 Å². The maximum Gasteiger partial charge on any atom is 0.433 e. The molecule has 2 aromatic rings. The third-order valence-corrected chi connectivity index (χ3v) is 6.56. The molecule has 1 amide bonds. The summed E-state index contributed by atoms with van der Waals surface area (Å²) in [4.78, 5) is 16.4. The van der Waals surface area contributed by atoms with Crippen molar-refractivity contribution in [3.8, 4) is 0 Å². The first-order valence-corrected chi connectivity index (χ1v) is 13.4. The summed E-state index contributed by atoms with van der Waals surface area (Å²) in [6, 6.07) is 5.89. The molecule has 2 rings (SSSR count). The van der Waals surface area contributed by atoms with Gasteiger partial charge in [0.1, 0.15) is 16.5 Å². The number of carbonyl (C=O) groups is 1. The predicted octanol–water partition coefficient (Wildman–Crippen LogP) is 5.31. The number of unbranched alkanes of at least 4 members (excludes halogenated alkanes) is 2. The number of rotatable bonds is 11. The fourth-order valence-corrected chi connectivity index (χ4v) is 4.57. The fourth-order valence-electron chi connectivity index (χ4n) is 2.98. The number of hydrogen-bond acceptors (Lipinski definition) is 5. The fraction of sp³-hybridized carbons (Fsp3) is 0.455. The van der Waals surface area contributed by atoms with E-state index in [1.54, 1.807) is 6.92 Å². The van der Waals surface area contributed by atoms with Gasteiger partial charge in [-0.3, -0.25) is 9.52 Å². The molecule has 1 unspecified atom stereocenters. The molecule has 1 heterocycles. The van der Waals surface area contributed by atoms with Gasteiger partial charge in [-0.15, -0.1) is 11.8 Å². The Kier molecular flexibility index (Phi) is 9.74. The summed E-state index contributed by atoms with van der Waals surface area (Å²) in [5.74, 6) is -1.48. The zero-order valence-corrected chi connectivity index (χ0v) is 20.6. The van der Waals surface area contributed by atoms with Crippen molar-refractivity contribution in [3.05, 3.63) is 53.0 Å². The van der Waals surface area contributed by atoms with E-state index in [2.05, 4.69) is 10.3 Å². The van der Waals surface area contributed by atoms with Gasteiger partial charge >= 0.3 is 6.18 Å². The van der Waals surface area contributed by atoms with E-state index in [4.69, 9.17) is 0 Å². The van der Waals surface area contributed by atoms with Crippen molar-refractivity contribution < 1.29 is 30.8 Å². The van der Waals surface area contributed by atoms with Crippen molar-refractivity contribution in [1.29, 1.82) is 0 Å². The first-order chi connectivity index (χ1) is 15.8. The molecule has 188 valence electrons. The van der Waals surface area contributed by atoms with Crippen LogP contribution in [-0.4, -0.2) is 31.3 Å². The highest BCUT2D eigenvalue weighted by Gasteiger charge is 2.33. The lowest BCUT2D eigenvalue weighted by atomic mass is 9.99. The summed E-state index contributed by atoms with van der Waals surface area (Å²) in [6.45, 7) is 3.52. The summed E-state index contributed by atoms with van der Waals surface area (Å²) >= 11 is 1.21. The predicted molar refractivity (Wildman–Crippen MR) is 125 cm³/mol. The molecule has 0 spiro atoms. The number of aromatic nitrogens is 1. The molecule has 0 saturated carbocycles. The highest BCUT2D eigenvalue weighted by Crippen LogP contribution is 2.31. The second-order valence-corrected chi connectivity index (χ2v) is 10.6. The number of alkyl halides is 3. The van der Waals surface area contributed by atoms with Crippen LogP contribution in [0.4, 0.5) is 23.2 Å².